The van der Waals surface area contributed by atoms with Crippen LogP contribution in [0.4, 0.5) is 0 Å². The predicted octanol–water partition coefficient (Wildman–Crippen LogP) is 3.25. The van der Waals surface area contributed by atoms with Crippen LogP contribution in [0.25, 0.3) is 0 Å². The van der Waals surface area contributed by atoms with E-state index in [0.29, 0.717) is 18.3 Å². The fraction of sp³-hybridized carbons (Fsp3) is 0.688. The van der Waals surface area contributed by atoms with Crippen LogP contribution in [0.2, 0.25) is 0 Å². The fourth-order valence-corrected chi connectivity index (χ4v) is 2.50. The van der Waals surface area contributed by atoms with Crippen molar-refractivity contribution in [3.05, 3.63) is 24.0 Å². The summed E-state index contributed by atoms with van der Waals surface area (Å²) in [6.45, 7) is 4.81. The van der Waals surface area contributed by atoms with Crippen molar-refractivity contribution in [3.8, 4) is 5.75 Å². The van der Waals surface area contributed by atoms with Gasteiger partial charge in [0.15, 0.2) is 0 Å². The van der Waals surface area contributed by atoms with Gasteiger partial charge in [-0.15, -0.1) is 0 Å². The first-order valence-corrected chi connectivity index (χ1v) is 7.56. The van der Waals surface area contributed by atoms with Gasteiger partial charge in [0.05, 0.1) is 24.5 Å². The highest BCUT2D eigenvalue weighted by Gasteiger charge is 2.17. The van der Waals surface area contributed by atoms with E-state index in [-0.39, 0.29) is 6.10 Å². The van der Waals surface area contributed by atoms with Gasteiger partial charge in [-0.1, -0.05) is 0 Å². The Hall–Kier alpha value is -1.13. The molecule has 0 aliphatic carbocycles. The lowest BCUT2D eigenvalue weighted by atomic mass is 10.00. The van der Waals surface area contributed by atoms with Crippen LogP contribution in [-0.2, 0) is 4.74 Å². The van der Waals surface area contributed by atoms with Crippen LogP contribution in [0, 0.1) is 0 Å². The first-order chi connectivity index (χ1) is 9.65. The Morgan fingerprint density at radius 3 is 2.95 bits per heavy atom. The van der Waals surface area contributed by atoms with Crippen LogP contribution < -0.4 is 4.74 Å². The quantitative estimate of drug-likeness (QED) is 0.868. The van der Waals surface area contributed by atoms with Crippen LogP contribution in [0.5, 0.6) is 5.75 Å². The van der Waals surface area contributed by atoms with E-state index < -0.39 is 6.10 Å². The molecule has 2 atom stereocenters. The number of aromatic nitrogens is 1. The van der Waals surface area contributed by atoms with Crippen molar-refractivity contribution < 1.29 is 14.6 Å². The Kier molecular flexibility index (Phi) is 5.80. The second-order valence-electron chi connectivity index (χ2n) is 5.70. The molecule has 20 heavy (non-hydrogen) atoms. The average molecular weight is 279 g/mol. The molecule has 1 fully saturated rings. The lowest BCUT2D eigenvalue weighted by molar-refractivity contribution is 0.00209. The van der Waals surface area contributed by atoms with Crippen molar-refractivity contribution in [2.45, 2.75) is 64.3 Å². The minimum atomic E-state index is -0.497. The molecule has 4 heteroatoms. The molecule has 2 heterocycles. The molecule has 112 valence electrons. The van der Waals surface area contributed by atoms with Gasteiger partial charge >= 0.3 is 0 Å². The summed E-state index contributed by atoms with van der Waals surface area (Å²) in [6.07, 6.45) is 8.43. The SMILES string of the molecule is CC(C)Oc1cncc(C(O)CCC2CCCCO2)c1. The Labute approximate surface area is 121 Å². The van der Waals surface area contributed by atoms with Gasteiger partial charge in [-0.05, 0) is 52.0 Å². The molecule has 2 unspecified atom stereocenters. The minimum Gasteiger partial charge on any atom is -0.489 e. The van der Waals surface area contributed by atoms with E-state index in [1.165, 1.54) is 6.42 Å². The van der Waals surface area contributed by atoms with Crippen LogP contribution >= 0.6 is 0 Å². The minimum absolute atomic E-state index is 0.111. The maximum Gasteiger partial charge on any atom is 0.138 e. The summed E-state index contributed by atoms with van der Waals surface area (Å²) in [5.74, 6) is 0.713. The van der Waals surface area contributed by atoms with Crippen molar-refractivity contribution in [1.29, 1.82) is 0 Å². The van der Waals surface area contributed by atoms with E-state index in [2.05, 4.69) is 4.98 Å². The summed E-state index contributed by atoms with van der Waals surface area (Å²) in [4.78, 5) is 4.14. The Bertz CT molecular complexity index is 402. The first-order valence-electron chi connectivity index (χ1n) is 7.56. The molecule has 1 aromatic heterocycles. The molecule has 0 radical (unpaired) electrons. The summed E-state index contributed by atoms with van der Waals surface area (Å²) in [6, 6.07) is 1.87. The molecule has 1 N–H and O–H groups in total. The molecule has 0 spiro atoms. The van der Waals surface area contributed by atoms with Gasteiger partial charge in [-0.3, -0.25) is 4.98 Å². The lowest BCUT2D eigenvalue weighted by Gasteiger charge is -2.23. The molecular formula is C16H25NO3. The standard InChI is InChI=1S/C16H25NO3/c1-12(2)20-15-9-13(10-17-11-15)16(18)7-6-14-5-3-4-8-19-14/h9-12,14,16,18H,3-8H2,1-2H3. The zero-order valence-electron chi connectivity index (χ0n) is 12.4. The molecular weight excluding hydrogens is 254 g/mol. The molecule has 0 bridgehead atoms. The maximum absolute atomic E-state index is 10.3. The van der Waals surface area contributed by atoms with Gasteiger partial charge in [0.1, 0.15) is 5.75 Å². The van der Waals surface area contributed by atoms with Crippen molar-refractivity contribution in [3.63, 3.8) is 0 Å². The highest BCUT2D eigenvalue weighted by molar-refractivity contribution is 5.25. The second kappa shape index (κ2) is 7.60. The van der Waals surface area contributed by atoms with E-state index >= 15 is 0 Å². The third kappa shape index (κ3) is 4.76. The topological polar surface area (TPSA) is 51.6 Å². The molecule has 0 saturated carbocycles. The van der Waals surface area contributed by atoms with E-state index in [9.17, 15) is 5.11 Å². The lowest BCUT2D eigenvalue weighted by Crippen LogP contribution is -2.19. The van der Waals surface area contributed by atoms with Crippen LogP contribution in [0.15, 0.2) is 18.5 Å². The normalized spacial score (nSPS) is 20.9. The number of hydrogen-bond acceptors (Lipinski definition) is 4. The van der Waals surface area contributed by atoms with Gasteiger partial charge in [0, 0.05) is 18.4 Å². The largest absolute Gasteiger partial charge is 0.489 e. The average Bonchev–Trinajstić information content (AvgIpc) is 2.45. The molecule has 0 aromatic carbocycles. The van der Waals surface area contributed by atoms with Crippen molar-refractivity contribution in [2.24, 2.45) is 0 Å². The molecule has 1 aliphatic heterocycles. The second-order valence-corrected chi connectivity index (χ2v) is 5.70. The number of hydrogen-bond donors (Lipinski definition) is 1. The highest BCUT2D eigenvalue weighted by atomic mass is 16.5. The van der Waals surface area contributed by atoms with Gasteiger partial charge < -0.3 is 14.6 Å². The fourth-order valence-electron chi connectivity index (χ4n) is 2.50. The van der Waals surface area contributed by atoms with Crippen molar-refractivity contribution in [2.75, 3.05) is 6.61 Å². The summed E-state index contributed by atoms with van der Waals surface area (Å²) >= 11 is 0. The zero-order valence-corrected chi connectivity index (χ0v) is 12.4. The third-order valence-electron chi connectivity index (χ3n) is 3.53. The van der Waals surface area contributed by atoms with E-state index in [1.807, 2.05) is 19.9 Å². The number of rotatable bonds is 6. The molecule has 0 amide bonds. The first kappa shape index (κ1) is 15.3. The third-order valence-corrected chi connectivity index (χ3v) is 3.53. The van der Waals surface area contributed by atoms with Crippen LogP contribution in [0.3, 0.4) is 0 Å². The highest BCUT2D eigenvalue weighted by Crippen LogP contribution is 2.25. The van der Waals surface area contributed by atoms with Crippen LogP contribution in [0.1, 0.15) is 57.6 Å². The number of aliphatic hydroxyl groups excluding tert-OH is 1. The van der Waals surface area contributed by atoms with Crippen LogP contribution in [-0.4, -0.2) is 28.9 Å². The van der Waals surface area contributed by atoms with E-state index in [4.69, 9.17) is 9.47 Å². The predicted molar refractivity (Wildman–Crippen MR) is 77.8 cm³/mol. The Morgan fingerprint density at radius 1 is 1.40 bits per heavy atom. The molecule has 1 aliphatic rings. The van der Waals surface area contributed by atoms with E-state index in [1.54, 1.807) is 12.4 Å². The molecule has 1 aromatic rings. The van der Waals surface area contributed by atoms with Gasteiger partial charge in [-0.25, -0.2) is 0 Å². The van der Waals surface area contributed by atoms with Gasteiger partial charge in [0.2, 0.25) is 0 Å². The van der Waals surface area contributed by atoms with Gasteiger partial charge in [-0.2, -0.15) is 0 Å². The summed E-state index contributed by atoms with van der Waals surface area (Å²) < 4.78 is 11.3. The maximum atomic E-state index is 10.3. The monoisotopic (exact) mass is 279 g/mol. The van der Waals surface area contributed by atoms with Crippen molar-refractivity contribution >= 4 is 0 Å². The number of pyridine rings is 1. The zero-order chi connectivity index (χ0) is 14.4. The molecule has 4 nitrogen and oxygen atoms in total. The summed E-state index contributed by atoms with van der Waals surface area (Å²) in [7, 11) is 0. The van der Waals surface area contributed by atoms with E-state index in [0.717, 1.165) is 31.4 Å². The van der Waals surface area contributed by atoms with Crippen molar-refractivity contribution in [1.82, 2.24) is 4.98 Å². The molecule has 2 rings (SSSR count). The number of ether oxygens (including phenoxy) is 2. The summed E-state index contributed by atoms with van der Waals surface area (Å²) in [5.41, 5.74) is 0.818. The number of aliphatic hydroxyl groups is 1. The smallest absolute Gasteiger partial charge is 0.138 e. The summed E-state index contributed by atoms with van der Waals surface area (Å²) in [5, 5.41) is 10.3. The number of nitrogens with zero attached hydrogens (tertiary/aromatic N) is 1. The Balaban J connectivity index is 1.86. The van der Waals surface area contributed by atoms with Gasteiger partial charge in [0.25, 0.3) is 0 Å². The Morgan fingerprint density at radius 2 is 2.25 bits per heavy atom. The molecule has 1 saturated heterocycles.